The van der Waals surface area contributed by atoms with Gasteiger partial charge in [-0.3, -0.25) is 4.79 Å². The molecule has 5 heteroatoms. The Balaban J connectivity index is 2.08. The molecule has 0 saturated heterocycles. The van der Waals surface area contributed by atoms with E-state index in [2.05, 4.69) is 5.32 Å². The maximum atomic E-state index is 13.8. The maximum Gasteiger partial charge on any atom is 0.237 e. The first kappa shape index (κ1) is 15.3. The minimum atomic E-state index is -0.354. The summed E-state index contributed by atoms with van der Waals surface area (Å²) in [6, 6.07) is 5.08. The zero-order chi connectivity index (χ0) is 14.7. The minimum Gasteiger partial charge on any atom is -0.334 e. The Hall–Kier alpha value is -1.13. The van der Waals surface area contributed by atoms with E-state index < -0.39 is 0 Å². The van der Waals surface area contributed by atoms with E-state index >= 15 is 0 Å². The van der Waals surface area contributed by atoms with Crippen molar-refractivity contribution in [2.45, 2.75) is 45.3 Å². The van der Waals surface area contributed by atoms with Crippen LogP contribution in [-0.4, -0.2) is 29.4 Å². The summed E-state index contributed by atoms with van der Waals surface area (Å²) in [5.74, 6) is -0.353. The summed E-state index contributed by atoms with van der Waals surface area (Å²) in [4.78, 5) is 14.0. The molecule has 1 saturated carbocycles. The lowest BCUT2D eigenvalue weighted by atomic mass is 10.2. The molecule has 0 atom stereocenters. The van der Waals surface area contributed by atoms with Crippen molar-refractivity contribution >= 4 is 17.5 Å². The van der Waals surface area contributed by atoms with Gasteiger partial charge in [0.15, 0.2) is 0 Å². The lowest BCUT2D eigenvalue weighted by molar-refractivity contribution is -0.131. The van der Waals surface area contributed by atoms with Crippen LogP contribution in [0.5, 0.6) is 0 Å². The molecule has 0 radical (unpaired) electrons. The monoisotopic (exact) mass is 298 g/mol. The van der Waals surface area contributed by atoms with Crippen LogP contribution in [0.25, 0.3) is 0 Å². The second kappa shape index (κ2) is 6.55. The van der Waals surface area contributed by atoms with Crippen LogP contribution < -0.4 is 5.32 Å². The van der Waals surface area contributed by atoms with Gasteiger partial charge in [-0.05, 0) is 25.0 Å². The lowest BCUT2D eigenvalue weighted by Crippen LogP contribution is -2.41. The van der Waals surface area contributed by atoms with E-state index in [1.165, 1.54) is 6.07 Å². The average molecular weight is 299 g/mol. The highest BCUT2D eigenvalue weighted by Gasteiger charge is 2.33. The van der Waals surface area contributed by atoms with Crippen LogP contribution in [0, 0.1) is 5.82 Å². The first-order valence-electron chi connectivity index (χ1n) is 6.94. The van der Waals surface area contributed by atoms with Gasteiger partial charge in [0.1, 0.15) is 5.82 Å². The molecular weight excluding hydrogens is 279 g/mol. The van der Waals surface area contributed by atoms with Crippen molar-refractivity contribution in [1.82, 2.24) is 10.2 Å². The van der Waals surface area contributed by atoms with Gasteiger partial charge in [-0.1, -0.05) is 31.5 Å². The maximum absolute atomic E-state index is 13.8. The van der Waals surface area contributed by atoms with Crippen LogP contribution in [-0.2, 0) is 11.3 Å². The van der Waals surface area contributed by atoms with Crippen molar-refractivity contribution < 1.29 is 9.18 Å². The number of amides is 1. The predicted molar refractivity (Wildman–Crippen MR) is 78.1 cm³/mol. The van der Waals surface area contributed by atoms with Crippen LogP contribution in [0.1, 0.15) is 32.3 Å². The van der Waals surface area contributed by atoms with Gasteiger partial charge in [0.05, 0.1) is 13.1 Å². The molecule has 1 fully saturated rings. The molecule has 1 aromatic rings. The summed E-state index contributed by atoms with van der Waals surface area (Å²) in [6.07, 6.45) is 1.97. The summed E-state index contributed by atoms with van der Waals surface area (Å²) in [7, 11) is 0. The molecule has 0 aliphatic heterocycles. The Morgan fingerprint density at radius 1 is 1.50 bits per heavy atom. The molecule has 1 aliphatic carbocycles. The molecule has 0 bridgehead atoms. The van der Waals surface area contributed by atoms with Gasteiger partial charge in [0.25, 0.3) is 0 Å². The van der Waals surface area contributed by atoms with Gasteiger partial charge in [-0.25, -0.2) is 4.39 Å². The van der Waals surface area contributed by atoms with Crippen molar-refractivity contribution in [3.8, 4) is 0 Å². The van der Waals surface area contributed by atoms with Gasteiger partial charge in [-0.2, -0.15) is 0 Å². The molecule has 110 valence electrons. The molecule has 1 aliphatic rings. The third-order valence-electron chi connectivity index (χ3n) is 3.36. The van der Waals surface area contributed by atoms with Gasteiger partial charge in [0, 0.05) is 22.7 Å². The summed E-state index contributed by atoms with van der Waals surface area (Å²) in [6.45, 7) is 4.50. The fourth-order valence-electron chi connectivity index (χ4n) is 2.05. The van der Waals surface area contributed by atoms with Crippen molar-refractivity contribution in [2.75, 3.05) is 6.54 Å². The Labute approximate surface area is 124 Å². The highest BCUT2D eigenvalue weighted by molar-refractivity contribution is 6.31. The van der Waals surface area contributed by atoms with Gasteiger partial charge in [0.2, 0.25) is 5.91 Å². The predicted octanol–water partition coefficient (Wildman–Crippen LogP) is 2.97. The van der Waals surface area contributed by atoms with Crippen molar-refractivity contribution in [3.63, 3.8) is 0 Å². The SMILES string of the molecule is CC(C)NCC(=O)N(Cc1c(F)cccc1Cl)C1CC1. The highest BCUT2D eigenvalue weighted by atomic mass is 35.5. The van der Waals surface area contributed by atoms with E-state index in [-0.39, 0.29) is 36.9 Å². The Kier molecular flexibility index (Phi) is 5.00. The van der Waals surface area contributed by atoms with E-state index in [0.29, 0.717) is 10.6 Å². The topological polar surface area (TPSA) is 32.3 Å². The second-order valence-corrected chi connectivity index (χ2v) is 5.90. The second-order valence-electron chi connectivity index (χ2n) is 5.49. The van der Waals surface area contributed by atoms with Crippen LogP contribution in [0.4, 0.5) is 4.39 Å². The molecule has 0 spiro atoms. The summed E-state index contributed by atoms with van der Waals surface area (Å²) in [5, 5.41) is 3.48. The lowest BCUT2D eigenvalue weighted by Gasteiger charge is -2.24. The number of carbonyl (C=O) groups excluding carboxylic acids is 1. The van der Waals surface area contributed by atoms with Crippen molar-refractivity contribution in [2.24, 2.45) is 0 Å². The molecule has 1 N–H and O–H groups in total. The third kappa shape index (κ3) is 3.93. The van der Waals surface area contributed by atoms with E-state index in [0.717, 1.165) is 12.8 Å². The quantitative estimate of drug-likeness (QED) is 0.876. The van der Waals surface area contributed by atoms with E-state index in [4.69, 9.17) is 11.6 Å². The largest absolute Gasteiger partial charge is 0.334 e. The summed E-state index contributed by atoms with van der Waals surface area (Å²) < 4.78 is 13.8. The fourth-order valence-corrected chi connectivity index (χ4v) is 2.28. The normalized spacial score (nSPS) is 14.7. The van der Waals surface area contributed by atoms with Crippen LogP contribution >= 0.6 is 11.6 Å². The zero-order valence-corrected chi connectivity index (χ0v) is 12.6. The molecular formula is C15H20ClFN2O. The van der Waals surface area contributed by atoms with Gasteiger partial charge < -0.3 is 10.2 Å². The molecule has 0 unspecified atom stereocenters. The fraction of sp³-hybridized carbons (Fsp3) is 0.533. The molecule has 0 heterocycles. The third-order valence-corrected chi connectivity index (χ3v) is 3.71. The molecule has 0 aromatic heterocycles. The Bertz CT molecular complexity index is 469. The number of nitrogens with zero attached hydrogens (tertiary/aromatic N) is 1. The number of hydrogen-bond acceptors (Lipinski definition) is 2. The van der Waals surface area contributed by atoms with Crippen molar-refractivity contribution in [3.05, 3.63) is 34.6 Å². The number of halogens is 2. The highest BCUT2D eigenvalue weighted by Crippen LogP contribution is 2.30. The first-order valence-corrected chi connectivity index (χ1v) is 7.32. The molecule has 2 rings (SSSR count). The number of nitrogens with one attached hydrogen (secondary N) is 1. The summed E-state index contributed by atoms with van der Waals surface area (Å²) >= 11 is 6.04. The number of carbonyl (C=O) groups is 1. The van der Waals surface area contributed by atoms with E-state index in [9.17, 15) is 9.18 Å². The van der Waals surface area contributed by atoms with Crippen molar-refractivity contribution in [1.29, 1.82) is 0 Å². The van der Waals surface area contributed by atoms with E-state index in [1.54, 1.807) is 17.0 Å². The van der Waals surface area contributed by atoms with E-state index in [1.807, 2.05) is 13.8 Å². The Morgan fingerprint density at radius 3 is 2.75 bits per heavy atom. The molecule has 1 amide bonds. The standard InChI is InChI=1S/C15H20ClFN2O/c1-10(2)18-8-15(20)19(11-6-7-11)9-12-13(16)4-3-5-14(12)17/h3-5,10-11,18H,6-9H2,1-2H3. The molecule has 3 nitrogen and oxygen atoms in total. The first-order chi connectivity index (χ1) is 9.49. The zero-order valence-electron chi connectivity index (χ0n) is 11.8. The summed E-state index contributed by atoms with van der Waals surface area (Å²) in [5.41, 5.74) is 0.402. The number of benzene rings is 1. The number of rotatable bonds is 6. The molecule has 20 heavy (non-hydrogen) atoms. The van der Waals surface area contributed by atoms with Crippen LogP contribution in [0.3, 0.4) is 0 Å². The van der Waals surface area contributed by atoms with Crippen LogP contribution in [0.15, 0.2) is 18.2 Å². The smallest absolute Gasteiger partial charge is 0.237 e. The average Bonchev–Trinajstić information content (AvgIpc) is 3.20. The van der Waals surface area contributed by atoms with Gasteiger partial charge in [-0.15, -0.1) is 0 Å². The number of hydrogen-bond donors (Lipinski definition) is 1. The molecule has 1 aromatic carbocycles. The Morgan fingerprint density at radius 2 is 2.20 bits per heavy atom. The van der Waals surface area contributed by atoms with Crippen LogP contribution in [0.2, 0.25) is 5.02 Å². The minimum absolute atomic E-state index is 0.000481. The van der Waals surface area contributed by atoms with Gasteiger partial charge >= 0.3 is 0 Å².